The van der Waals surface area contributed by atoms with Crippen molar-refractivity contribution < 1.29 is 0 Å². The molecule has 6 heteroatoms. The summed E-state index contributed by atoms with van der Waals surface area (Å²) in [5.41, 5.74) is 1.72. The average Bonchev–Trinajstić information content (AvgIpc) is 2.97. The summed E-state index contributed by atoms with van der Waals surface area (Å²) in [6.45, 7) is 5.18. The summed E-state index contributed by atoms with van der Waals surface area (Å²) in [5.74, 6) is 2.74. The second-order valence-electron chi connectivity index (χ2n) is 5.98. The number of fused-ring (bicyclic) bond motifs is 1. The monoisotopic (exact) mass is 327 g/mol. The van der Waals surface area contributed by atoms with Crippen LogP contribution in [0.5, 0.6) is 0 Å². The molecule has 5 nitrogen and oxygen atoms in total. The molecule has 2 aromatic heterocycles. The van der Waals surface area contributed by atoms with Crippen molar-refractivity contribution in [3.05, 3.63) is 47.6 Å². The highest BCUT2D eigenvalue weighted by Gasteiger charge is 2.28. The first-order valence-corrected chi connectivity index (χ1v) is 8.28. The average molecular weight is 328 g/mol. The van der Waals surface area contributed by atoms with Gasteiger partial charge >= 0.3 is 0 Å². The molecule has 23 heavy (non-hydrogen) atoms. The van der Waals surface area contributed by atoms with E-state index in [1.54, 1.807) is 0 Å². The number of hydrogen-bond donors (Lipinski definition) is 0. The van der Waals surface area contributed by atoms with Crippen molar-refractivity contribution in [1.82, 2.24) is 19.5 Å². The van der Waals surface area contributed by atoms with E-state index >= 15 is 0 Å². The Labute approximate surface area is 139 Å². The number of aryl methyl sites for hydroxylation is 1. The Kier molecular flexibility index (Phi) is 3.65. The van der Waals surface area contributed by atoms with Gasteiger partial charge in [-0.3, -0.25) is 4.98 Å². The molecule has 3 heterocycles. The number of rotatable bonds is 4. The van der Waals surface area contributed by atoms with Gasteiger partial charge in [-0.05, 0) is 18.2 Å². The Morgan fingerprint density at radius 2 is 2.09 bits per heavy atom. The van der Waals surface area contributed by atoms with Gasteiger partial charge in [0.25, 0.3) is 0 Å². The smallest absolute Gasteiger partial charge is 0.147 e. The predicted octanol–water partition coefficient (Wildman–Crippen LogP) is 3.18. The molecule has 3 aromatic rings. The summed E-state index contributed by atoms with van der Waals surface area (Å²) in [5, 5.41) is 0.690. The zero-order chi connectivity index (χ0) is 15.8. The Balaban J connectivity index is 1.44. The molecule has 0 spiro atoms. The van der Waals surface area contributed by atoms with E-state index in [0.717, 1.165) is 48.7 Å². The van der Waals surface area contributed by atoms with E-state index in [1.807, 2.05) is 30.6 Å². The Morgan fingerprint density at radius 3 is 2.91 bits per heavy atom. The van der Waals surface area contributed by atoms with Crippen molar-refractivity contribution in [2.24, 2.45) is 5.92 Å². The van der Waals surface area contributed by atoms with Gasteiger partial charge in [0.15, 0.2) is 0 Å². The molecular formula is C17H18ClN5. The minimum Gasteiger partial charge on any atom is -0.354 e. The first kappa shape index (κ1) is 14.5. The Morgan fingerprint density at radius 1 is 1.22 bits per heavy atom. The van der Waals surface area contributed by atoms with E-state index in [1.165, 1.54) is 0 Å². The summed E-state index contributed by atoms with van der Waals surface area (Å²) in [4.78, 5) is 15.8. The zero-order valence-electron chi connectivity index (χ0n) is 13.0. The summed E-state index contributed by atoms with van der Waals surface area (Å²) in [6.07, 6.45) is 6.77. The van der Waals surface area contributed by atoms with E-state index in [9.17, 15) is 0 Å². The fourth-order valence-corrected chi connectivity index (χ4v) is 3.26. The van der Waals surface area contributed by atoms with Crippen LogP contribution in [-0.4, -0.2) is 32.6 Å². The lowest BCUT2D eigenvalue weighted by atomic mass is 10.00. The first-order valence-electron chi connectivity index (χ1n) is 7.90. The van der Waals surface area contributed by atoms with Gasteiger partial charge in [0, 0.05) is 49.4 Å². The molecule has 1 fully saturated rings. The van der Waals surface area contributed by atoms with Crippen LogP contribution >= 0.6 is 11.6 Å². The van der Waals surface area contributed by atoms with Crippen molar-refractivity contribution >= 4 is 28.5 Å². The maximum atomic E-state index is 5.99. The third-order valence-corrected chi connectivity index (χ3v) is 4.58. The molecule has 118 valence electrons. The topological polar surface area (TPSA) is 46.8 Å². The van der Waals surface area contributed by atoms with Crippen molar-refractivity contribution in [2.45, 2.75) is 19.9 Å². The van der Waals surface area contributed by atoms with Gasteiger partial charge in [-0.2, -0.15) is 0 Å². The van der Waals surface area contributed by atoms with Gasteiger partial charge in [0.05, 0.1) is 17.2 Å². The molecular weight excluding hydrogens is 310 g/mol. The molecule has 4 rings (SSSR count). The van der Waals surface area contributed by atoms with Crippen LogP contribution in [0.1, 0.15) is 12.7 Å². The molecule has 1 aliphatic rings. The third-order valence-electron chi connectivity index (χ3n) is 4.35. The van der Waals surface area contributed by atoms with Crippen LogP contribution < -0.4 is 4.90 Å². The van der Waals surface area contributed by atoms with Crippen molar-refractivity contribution in [2.75, 3.05) is 18.0 Å². The highest BCUT2D eigenvalue weighted by Crippen LogP contribution is 2.26. The lowest BCUT2D eigenvalue weighted by Crippen LogP contribution is -2.49. The van der Waals surface area contributed by atoms with Crippen LogP contribution in [0.15, 0.2) is 36.8 Å². The number of halogens is 1. The molecule has 0 atom stereocenters. The molecule has 0 bridgehead atoms. The van der Waals surface area contributed by atoms with Crippen LogP contribution in [-0.2, 0) is 13.0 Å². The third kappa shape index (κ3) is 2.77. The minimum atomic E-state index is 0.636. The number of benzene rings is 1. The van der Waals surface area contributed by atoms with Gasteiger partial charge in [0.2, 0.25) is 0 Å². The summed E-state index contributed by atoms with van der Waals surface area (Å²) < 4.78 is 2.26. The molecule has 0 radical (unpaired) electrons. The number of anilines is 1. The largest absolute Gasteiger partial charge is 0.354 e. The second-order valence-corrected chi connectivity index (χ2v) is 6.42. The lowest BCUT2D eigenvalue weighted by Gasteiger charge is -2.40. The molecule has 0 aliphatic carbocycles. The predicted molar refractivity (Wildman–Crippen MR) is 91.9 cm³/mol. The van der Waals surface area contributed by atoms with E-state index in [4.69, 9.17) is 11.6 Å². The number of hydrogen-bond acceptors (Lipinski definition) is 4. The van der Waals surface area contributed by atoms with E-state index < -0.39 is 0 Å². The number of imidazole rings is 1. The van der Waals surface area contributed by atoms with Crippen molar-refractivity contribution in [3.63, 3.8) is 0 Å². The molecule has 1 aromatic carbocycles. The summed E-state index contributed by atoms with van der Waals surface area (Å²) in [6, 6.07) is 5.62. The van der Waals surface area contributed by atoms with E-state index in [-0.39, 0.29) is 0 Å². The summed E-state index contributed by atoms with van der Waals surface area (Å²) >= 11 is 5.99. The van der Waals surface area contributed by atoms with Gasteiger partial charge in [0.1, 0.15) is 11.6 Å². The maximum absolute atomic E-state index is 5.99. The Bertz CT molecular complexity index is 838. The highest BCUT2D eigenvalue weighted by atomic mass is 35.5. The van der Waals surface area contributed by atoms with Crippen molar-refractivity contribution in [1.29, 1.82) is 0 Å². The van der Waals surface area contributed by atoms with Crippen LogP contribution in [0.4, 0.5) is 5.82 Å². The van der Waals surface area contributed by atoms with Gasteiger partial charge < -0.3 is 9.47 Å². The van der Waals surface area contributed by atoms with Crippen LogP contribution in [0, 0.1) is 5.92 Å². The molecule has 0 saturated carbocycles. The van der Waals surface area contributed by atoms with Gasteiger partial charge in [-0.1, -0.05) is 18.5 Å². The highest BCUT2D eigenvalue weighted by molar-refractivity contribution is 6.31. The maximum Gasteiger partial charge on any atom is 0.147 e. The Hall–Kier alpha value is -2.14. The lowest BCUT2D eigenvalue weighted by molar-refractivity contribution is 0.351. The minimum absolute atomic E-state index is 0.636. The number of aromatic nitrogens is 4. The van der Waals surface area contributed by atoms with Crippen LogP contribution in [0.2, 0.25) is 5.02 Å². The summed E-state index contributed by atoms with van der Waals surface area (Å²) in [7, 11) is 0. The standard InChI is InChI=1S/C17H18ClN5/c1-2-16-19-5-6-22(16)9-12-10-23(11-12)17-8-20-15-7-13(18)3-4-14(15)21-17/h3-8,12H,2,9-11H2,1H3. The van der Waals surface area contributed by atoms with Crippen LogP contribution in [0.25, 0.3) is 11.0 Å². The zero-order valence-corrected chi connectivity index (χ0v) is 13.7. The SMILES string of the molecule is CCc1nccn1CC1CN(c2cnc3cc(Cl)ccc3n2)C1. The van der Waals surface area contributed by atoms with Gasteiger partial charge in [-0.25, -0.2) is 9.97 Å². The van der Waals surface area contributed by atoms with Crippen molar-refractivity contribution in [3.8, 4) is 0 Å². The van der Waals surface area contributed by atoms with E-state index in [2.05, 4.69) is 37.5 Å². The molecule has 0 unspecified atom stereocenters. The molecule has 0 N–H and O–H groups in total. The fraction of sp³-hybridized carbons (Fsp3) is 0.353. The normalized spacial score (nSPS) is 15.1. The quantitative estimate of drug-likeness (QED) is 0.738. The fourth-order valence-electron chi connectivity index (χ4n) is 3.10. The number of nitrogens with zero attached hydrogens (tertiary/aromatic N) is 5. The molecule has 1 saturated heterocycles. The van der Waals surface area contributed by atoms with E-state index in [0.29, 0.717) is 10.9 Å². The second kappa shape index (κ2) is 5.81. The van der Waals surface area contributed by atoms with Gasteiger partial charge in [-0.15, -0.1) is 0 Å². The molecule has 1 aliphatic heterocycles. The molecule has 0 amide bonds. The first-order chi connectivity index (χ1) is 11.2. The van der Waals surface area contributed by atoms with Crippen LogP contribution in [0.3, 0.4) is 0 Å².